The third-order valence-corrected chi connectivity index (χ3v) is 5.35. The van der Waals surface area contributed by atoms with Crippen molar-refractivity contribution in [2.45, 2.75) is 0 Å². The molecular weight excluding hydrogens is 430 g/mol. The molecule has 1 fully saturated rings. The predicted octanol–water partition coefficient (Wildman–Crippen LogP) is 2.62. The van der Waals surface area contributed by atoms with Crippen LogP contribution in [0.2, 0.25) is 0 Å². The molecule has 172 valence electrons. The van der Waals surface area contributed by atoms with Crippen molar-refractivity contribution in [2.24, 2.45) is 4.99 Å². The van der Waals surface area contributed by atoms with Crippen molar-refractivity contribution in [3.8, 4) is 17.2 Å². The molecule has 2 heterocycles. The summed E-state index contributed by atoms with van der Waals surface area (Å²) >= 11 is 0. The first-order valence-electron chi connectivity index (χ1n) is 10.0. The fourth-order valence-electron chi connectivity index (χ4n) is 3.76. The number of ether oxygens (including phenoxy) is 4. The molecule has 0 unspecified atom stereocenters. The van der Waals surface area contributed by atoms with Gasteiger partial charge in [-0.2, -0.15) is 0 Å². The summed E-state index contributed by atoms with van der Waals surface area (Å²) in [6, 6.07) is 9.50. The first kappa shape index (κ1) is 22.2. The molecule has 0 spiro atoms. The fourth-order valence-corrected chi connectivity index (χ4v) is 3.76. The lowest BCUT2D eigenvalue weighted by Gasteiger charge is -2.30. The number of amides is 1. The van der Waals surface area contributed by atoms with Crippen molar-refractivity contribution in [2.75, 3.05) is 46.5 Å². The van der Waals surface area contributed by atoms with Crippen molar-refractivity contribution in [1.82, 2.24) is 4.90 Å². The molecule has 4 rings (SSSR count). The van der Waals surface area contributed by atoms with E-state index in [2.05, 4.69) is 10.3 Å². The van der Waals surface area contributed by atoms with Crippen LogP contribution < -0.4 is 19.5 Å². The molecule has 1 saturated heterocycles. The number of carboxylic acid groups (broad SMARTS) is 1. The molecule has 10 heteroatoms. The number of carbonyl (C=O) groups is 2. The van der Waals surface area contributed by atoms with E-state index in [1.807, 2.05) is 0 Å². The first-order valence-corrected chi connectivity index (χ1v) is 10.0. The Kier molecular flexibility index (Phi) is 6.18. The highest BCUT2D eigenvalue weighted by atomic mass is 16.5. The zero-order valence-electron chi connectivity index (χ0n) is 18.4. The van der Waals surface area contributed by atoms with Gasteiger partial charge in [0.25, 0.3) is 5.91 Å². The Morgan fingerprint density at radius 3 is 2.30 bits per heavy atom. The summed E-state index contributed by atoms with van der Waals surface area (Å²) in [5.74, 6) is 0.0812. The van der Waals surface area contributed by atoms with Crippen LogP contribution in [-0.2, 0) is 4.74 Å². The lowest BCUT2D eigenvalue weighted by molar-refractivity contribution is 0.0683. The molecule has 0 bridgehead atoms. The van der Waals surface area contributed by atoms with Crippen molar-refractivity contribution in [1.29, 1.82) is 0 Å². The number of hydrogen-bond acceptors (Lipinski definition) is 8. The number of rotatable bonds is 7. The maximum atomic E-state index is 13.5. The molecule has 33 heavy (non-hydrogen) atoms. The summed E-state index contributed by atoms with van der Waals surface area (Å²) in [6.45, 7) is 0.612. The number of hydrogen-bond donors (Lipinski definition) is 2. The van der Waals surface area contributed by atoms with Crippen molar-refractivity contribution in [3.63, 3.8) is 0 Å². The van der Waals surface area contributed by atoms with Crippen LogP contribution in [0.3, 0.4) is 0 Å². The summed E-state index contributed by atoms with van der Waals surface area (Å²) in [5, 5.41) is 12.8. The van der Waals surface area contributed by atoms with Crippen LogP contribution in [-0.4, -0.2) is 68.8 Å². The summed E-state index contributed by atoms with van der Waals surface area (Å²) in [4.78, 5) is 31.0. The third-order valence-electron chi connectivity index (χ3n) is 5.35. The number of benzene rings is 2. The molecule has 2 aliphatic heterocycles. The quantitative estimate of drug-likeness (QED) is 0.657. The summed E-state index contributed by atoms with van der Waals surface area (Å²) < 4.78 is 21.8. The number of methoxy groups -OCH3 is 3. The molecule has 1 amide bonds. The zero-order valence-corrected chi connectivity index (χ0v) is 18.4. The largest absolute Gasteiger partial charge is 0.493 e. The van der Waals surface area contributed by atoms with Gasteiger partial charge in [-0.3, -0.25) is 14.7 Å². The fraction of sp³-hybridized carbons (Fsp3) is 0.261. The zero-order chi connectivity index (χ0) is 23.5. The molecule has 0 radical (unpaired) electrons. The molecule has 2 aromatic rings. The average molecular weight is 453 g/mol. The van der Waals surface area contributed by atoms with Gasteiger partial charge in [0, 0.05) is 23.4 Å². The topological polar surface area (TPSA) is 119 Å². The minimum Gasteiger partial charge on any atom is -0.493 e. The van der Waals surface area contributed by atoms with E-state index in [1.54, 1.807) is 24.3 Å². The minimum atomic E-state index is -1.18. The molecule has 0 aliphatic carbocycles. The van der Waals surface area contributed by atoms with E-state index >= 15 is 0 Å². The van der Waals surface area contributed by atoms with Gasteiger partial charge in [-0.05, 0) is 12.1 Å². The highest BCUT2D eigenvalue weighted by Gasteiger charge is 2.33. The van der Waals surface area contributed by atoms with E-state index in [9.17, 15) is 14.7 Å². The second-order valence-electron chi connectivity index (χ2n) is 7.19. The number of aromatic carboxylic acids is 1. The van der Waals surface area contributed by atoms with E-state index in [0.717, 1.165) is 11.3 Å². The minimum absolute atomic E-state index is 0.0156. The number of aliphatic imine (C=N–C) groups is 1. The molecule has 2 aromatic carbocycles. The Morgan fingerprint density at radius 1 is 1.03 bits per heavy atom. The lowest BCUT2D eigenvalue weighted by Crippen LogP contribution is -2.39. The van der Waals surface area contributed by atoms with Crippen LogP contribution in [0.15, 0.2) is 52.8 Å². The maximum Gasteiger partial charge on any atom is 0.336 e. The molecule has 0 aromatic heterocycles. The normalized spacial score (nSPS) is 15.0. The predicted molar refractivity (Wildman–Crippen MR) is 119 cm³/mol. The van der Waals surface area contributed by atoms with E-state index in [-0.39, 0.29) is 24.4 Å². The van der Waals surface area contributed by atoms with Crippen molar-refractivity contribution >= 4 is 23.3 Å². The van der Waals surface area contributed by atoms with Gasteiger partial charge >= 0.3 is 5.97 Å². The van der Waals surface area contributed by atoms with Gasteiger partial charge in [-0.15, -0.1) is 0 Å². The van der Waals surface area contributed by atoms with Gasteiger partial charge in [0.05, 0.1) is 51.4 Å². The average Bonchev–Trinajstić information content (AvgIpc) is 3.32. The van der Waals surface area contributed by atoms with Gasteiger partial charge in [0.2, 0.25) is 5.75 Å². The number of fused-ring (bicyclic) bond motifs is 1. The van der Waals surface area contributed by atoms with Crippen LogP contribution in [0.25, 0.3) is 0 Å². The van der Waals surface area contributed by atoms with Gasteiger partial charge in [-0.1, -0.05) is 12.1 Å². The smallest absolute Gasteiger partial charge is 0.336 e. The maximum absolute atomic E-state index is 13.5. The van der Waals surface area contributed by atoms with Crippen molar-refractivity contribution in [3.05, 3.63) is 58.9 Å². The Bertz CT molecular complexity index is 1150. The molecule has 0 atom stereocenters. The Hall–Kier alpha value is -4.05. The SMILES string of the molecule is COc1cc(NC2=C3COCC3=NCN2C(=O)c2ccccc2C(=O)O)cc(OC)c1OC. The van der Waals surface area contributed by atoms with Gasteiger partial charge in [0.1, 0.15) is 12.5 Å². The number of nitrogens with zero attached hydrogens (tertiary/aromatic N) is 2. The Balaban J connectivity index is 1.77. The number of anilines is 1. The van der Waals surface area contributed by atoms with Gasteiger partial charge < -0.3 is 29.4 Å². The monoisotopic (exact) mass is 453 g/mol. The van der Waals surface area contributed by atoms with E-state index in [4.69, 9.17) is 18.9 Å². The lowest BCUT2D eigenvalue weighted by atomic mass is 10.1. The Labute approximate surface area is 190 Å². The molecular formula is C23H23N3O7. The van der Waals surface area contributed by atoms with E-state index < -0.39 is 11.9 Å². The Morgan fingerprint density at radius 2 is 1.70 bits per heavy atom. The number of carboxylic acids is 1. The van der Waals surface area contributed by atoms with Crippen LogP contribution in [0.5, 0.6) is 17.2 Å². The summed E-state index contributed by atoms with van der Waals surface area (Å²) in [6.07, 6.45) is 0. The van der Waals surface area contributed by atoms with Crippen LogP contribution in [0.4, 0.5) is 5.69 Å². The second-order valence-corrected chi connectivity index (χ2v) is 7.19. The molecule has 2 aliphatic rings. The standard InChI is InChI=1S/C23H23N3O7/c1-30-18-8-13(9-19(31-2)20(18)32-3)25-21-16-10-33-11-17(16)24-12-26(21)22(27)14-6-4-5-7-15(14)23(28)29/h4-9,25H,10-12H2,1-3H3,(H,28,29). The van der Waals surface area contributed by atoms with Crippen LogP contribution in [0, 0.1) is 0 Å². The van der Waals surface area contributed by atoms with Crippen LogP contribution >= 0.6 is 0 Å². The first-order chi connectivity index (χ1) is 16.0. The van der Waals surface area contributed by atoms with E-state index in [0.29, 0.717) is 35.4 Å². The number of nitrogens with one attached hydrogen (secondary N) is 1. The summed E-state index contributed by atoms with van der Waals surface area (Å²) in [7, 11) is 4.54. The van der Waals surface area contributed by atoms with E-state index in [1.165, 1.54) is 38.4 Å². The van der Waals surface area contributed by atoms with Crippen molar-refractivity contribution < 1.29 is 33.6 Å². The summed E-state index contributed by atoms with van der Waals surface area (Å²) in [5.41, 5.74) is 2.01. The second kappa shape index (κ2) is 9.21. The van der Waals surface area contributed by atoms with Gasteiger partial charge in [0.15, 0.2) is 11.5 Å². The number of carbonyl (C=O) groups excluding carboxylic acids is 1. The molecule has 0 saturated carbocycles. The van der Waals surface area contributed by atoms with Crippen LogP contribution in [0.1, 0.15) is 20.7 Å². The molecule has 2 N–H and O–H groups in total. The highest BCUT2D eigenvalue weighted by molar-refractivity contribution is 6.09. The third kappa shape index (κ3) is 4.08. The highest BCUT2D eigenvalue weighted by Crippen LogP contribution is 2.40. The molecule has 10 nitrogen and oxygen atoms in total. The van der Waals surface area contributed by atoms with Gasteiger partial charge in [-0.25, -0.2) is 4.79 Å².